The van der Waals surface area contributed by atoms with Crippen LogP contribution in [0.25, 0.3) is 0 Å². The van der Waals surface area contributed by atoms with Crippen LogP contribution >= 0.6 is 11.6 Å². The minimum atomic E-state index is -0.485. The van der Waals surface area contributed by atoms with E-state index in [1.54, 1.807) is 30.3 Å². The lowest BCUT2D eigenvalue weighted by molar-refractivity contribution is 0.465. The third kappa shape index (κ3) is 2.57. The number of benzene rings is 2. The Hall–Kier alpha value is -1.74. The van der Waals surface area contributed by atoms with Gasteiger partial charge in [0.25, 0.3) is 0 Å². The zero-order valence-corrected chi connectivity index (χ0v) is 10.6. The first-order valence-electron chi connectivity index (χ1n) is 5.58. The summed E-state index contributed by atoms with van der Waals surface area (Å²) >= 11 is 5.71. The Kier molecular flexibility index (Phi) is 3.72. The van der Waals surface area contributed by atoms with Crippen molar-refractivity contribution < 1.29 is 9.50 Å². The van der Waals surface area contributed by atoms with Gasteiger partial charge in [-0.2, -0.15) is 0 Å². The van der Waals surface area contributed by atoms with E-state index in [0.29, 0.717) is 11.3 Å². The topological polar surface area (TPSA) is 32.3 Å². The van der Waals surface area contributed by atoms with Crippen molar-refractivity contribution in [3.05, 3.63) is 58.9 Å². The molecule has 2 aromatic carbocycles. The van der Waals surface area contributed by atoms with E-state index in [1.807, 2.05) is 13.0 Å². The fourth-order valence-electron chi connectivity index (χ4n) is 1.78. The van der Waals surface area contributed by atoms with E-state index >= 15 is 0 Å². The van der Waals surface area contributed by atoms with E-state index in [-0.39, 0.29) is 16.8 Å². The van der Waals surface area contributed by atoms with E-state index in [0.717, 1.165) is 0 Å². The van der Waals surface area contributed by atoms with Gasteiger partial charge in [-0.05, 0) is 25.1 Å². The van der Waals surface area contributed by atoms with Gasteiger partial charge >= 0.3 is 0 Å². The molecule has 0 heterocycles. The monoisotopic (exact) mass is 265 g/mol. The van der Waals surface area contributed by atoms with Gasteiger partial charge in [0.05, 0.1) is 16.8 Å². The fraction of sp³-hybridized carbons (Fsp3) is 0.143. The number of anilines is 1. The maximum absolute atomic E-state index is 13.7. The molecular weight excluding hydrogens is 253 g/mol. The van der Waals surface area contributed by atoms with E-state index in [2.05, 4.69) is 5.32 Å². The molecule has 18 heavy (non-hydrogen) atoms. The molecule has 0 aromatic heterocycles. The van der Waals surface area contributed by atoms with Gasteiger partial charge in [-0.3, -0.25) is 0 Å². The molecule has 0 saturated carbocycles. The quantitative estimate of drug-likeness (QED) is 0.864. The highest BCUT2D eigenvalue weighted by molar-refractivity contribution is 6.31. The number of halogens is 2. The first kappa shape index (κ1) is 12.7. The summed E-state index contributed by atoms with van der Waals surface area (Å²) in [5, 5.41) is 12.8. The first-order valence-corrected chi connectivity index (χ1v) is 5.96. The van der Waals surface area contributed by atoms with E-state index in [9.17, 15) is 9.50 Å². The lowest BCUT2D eigenvalue weighted by Gasteiger charge is -2.17. The second-order valence-electron chi connectivity index (χ2n) is 4.03. The van der Waals surface area contributed by atoms with E-state index in [4.69, 9.17) is 11.6 Å². The van der Waals surface area contributed by atoms with Crippen molar-refractivity contribution in [2.45, 2.75) is 13.0 Å². The van der Waals surface area contributed by atoms with Crippen LogP contribution in [0.1, 0.15) is 18.5 Å². The average molecular weight is 266 g/mol. The minimum Gasteiger partial charge on any atom is -0.508 e. The van der Waals surface area contributed by atoms with Crippen LogP contribution in [0.15, 0.2) is 42.5 Å². The van der Waals surface area contributed by atoms with Crippen molar-refractivity contribution in [3.8, 4) is 5.75 Å². The van der Waals surface area contributed by atoms with Gasteiger partial charge in [-0.15, -0.1) is 0 Å². The van der Waals surface area contributed by atoms with Crippen molar-refractivity contribution in [2.75, 3.05) is 5.32 Å². The zero-order chi connectivity index (χ0) is 13.1. The Balaban J connectivity index is 2.24. The number of phenols is 1. The number of nitrogens with one attached hydrogen (secondary N) is 1. The maximum Gasteiger partial charge on any atom is 0.164 e. The van der Waals surface area contributed by atoms with Crippen LogP contribution in [0, 0.1) is 5.82 Å². The Labute approximate surface area is 110 Å². The number of rotatable bonds is 3. The molecule has 0 amide bonds. The van der Waals surface area contributed by atoms with Crippen LogP contribution in [0.2, 0.25) is 5.02 Å². The highest BCUT2D eigenvalue weighted by Gasteiger charge is 2.12. The molecule has 1 atom stereocenters. The number of hydrogen-bond donors (Lipinski definition) is 2. The SMILES string of the molecule is CC(Nc1cccc(Cl)c1F)c1ccccc1O. The van der Waals surface area contributed by atoms with E-state index in [1.165, 1.54) is 6.07 Å². The highest BCUT2D eigenvalue weighted by atomic mass is 35.5. The Bertz CT molecular complexity index is 559. The largest absolute Gasteiger partial charge is 0.508 e. The maximum atomic E-state index is 13.7. The third-order valence-electron chi connectivity index (χ3n) is 2.73. The van der Waals surface area contributed by atoms with Crippen LogP contribution < -0.4 is 5.32 Å². The highest BCUT2D eigenvalue weighted by Crippen LogP contribution is 2.29. The van der Waals surface area contributed by atoms with Crippen molar-refractivity contribution >= 4 is 17.3 Å². The molecule has 2 rings (SSSR count). The number of aromatic hydroxyl groups is 1. The molecule has 0 fully saturated rings. The van der Waals surface area contributed by atoms with Crippen LogP contribution in [0.5, 0.6) is 5.75 Å². The van der Waals surface area contributed by atoms with Gasteiger partial charge in [0.15, 0.2) is 5.82 Å². The molecule has 2 N–H and O–H groups in total. The molecule has 0 aliphatic heterocycles. The summed E-state index contributed by atoms with van der Waals surface area (Å²) in [6, 6.07) is 11.5. The van der Waals surface area contributed by atoms with Gasteiger partial charge < -0.3 is 10.4 Å². The molecular formula is C14H13ClFNO. The molecule has 1 unspecified atom stereocenters. The average Bonchev–Trinajstić information content (AvgIpc) is 2.35. The number of para-hydroxylation sites is 1. The molecule has 94 valence electrons. The number of hydrogen-bond acceptors (Lipinski definition) is 2. The second-order valence-corrected chi connectivity index (χ2v) is 4.43. The predicted molar refractivity (Wildman–Crippen MR) is 71.6 cm³/mol. The van der Waals surface area contributed by atoms with Gasteiger partial charge in [0.2, 0.25) is 0 Å². The molecule has 0 radical (unpaired) electrons. The summed E-state index contributed by atoms with van der Waals surface area (Å²) in [4.78, 5) is 0. The normalized spacial score (nSPS) is 12.2. The Morgan fingerprint density at radius 3 is 2.61 bits per heavy atom. The van der Waals surface area contributed by atoms with Crippen LogP contribution in [0.3, 0.4) is 0 Å². The molecule has 2 aromatic rings. The fourth-order valence-corrected chi connectivity index (χ4v) is 1.95. The van der Waals surface area contributed by atoms with E-state index < -0.39 is 5.82 Å². The molecule has 2 nitrogen and oxygen atoms in total. The molecule has 0 bridgehead atoms. The molecule has 4 heteroatoms. The van der Waals surface area contributed by atoms with Gasteiger partial charge in [0.1, 0.15) is 5.75 Å². The van der Waals surface area contributed by atoms with Crippen LogP contribution in [-0.4, -0.2) is 5.11 Å². The van der Waals surface area contributed by atoms with Crippen molar-refractivity contribution in [1.29, 1.82) is 0 Å². The standard InChI is InChI=1S/C14H13ClFNO/c1-9(10-5-2-3-8-13(10)18)17-12-7-4-6-11(15)14(12)16/h2-9,17-18H,1H3. The minimum absolute atomic E-state index is 0.0736. The third-order valence-corrected chi connectivity index (χ3v) is 3.02. The molecule has 0 saturated heterocycles. The second kappa shape index (κ2) is 5.27. The lowest BCUT2D eigenvalue weighted by Crippen LogP contribution is -2.08. The number of phenolic OH excluding ortho intramolecular Hbond substituents is 1. The summed E-state index contributed by atoms with van der Waals surface area (Å²) in [7, 11) is 0. The predicted octanol–water partition coefficient (Wildman–Crippen LogP) is 4.36. The Morgan fingerprint density at radius 1 is 1.17 bits per heavy atom. The molecule has 0 aliphatic carbocycles. The molecule has 0 spiro atoms. The lowest BCUT2D eigenvalue weighted by atomic mass is 10.1. The van der Waals surface area contributed by atoms with Crippen molar-refractivity contribution in [3.63, 3.8) is 0 Å². The summed E-state index contributed by atoms with van der Waals surface area (Å²) in [6.45, 7) is 1.84. The summed E-state index contributed by atoms with van der Waals surface area (Å²) in [5.41, 5.74) is 1.02. The molecule has 0 aliphatic rings. The van der Waals surface area contributed by atoms with Crippen LogP contribution in [-0.2, 0) is 0 Å². The van der Waals surface area contributed by atoms with Gasteiger partial charge in [0, 0.05) is 5.56 Å². The van der Waals surface area contributed by atoms with Gasteiger partial charge in [-0.25, -0.2) is 4.39 Å². The van der Waals surface area contributed by atoms with Crippen LogP contribution in [0.4, 0.5) is 10.1 Å². The van der Waals surface area contributed by atoms with Crippen molar-refractivity contribution in [2.24, 2.45) is 0 Å². The summed E-state index contributed by atoms with van der Waals surface area (Å²) in [6.07, 6.45) is 0. The zero-order valence-electron chi connectivity index (χ0n) is 9.82. The van der Waals surface area contributed by atoms with Crippen molar-refractivity contribution in [1.82, 2.24) is 0 Å². The smallest absolute Gasteiger partial charge is 0.164 e. The summed E-state index contributed by atoms with van der Waals surface area (Å²) < 4.78 is 13.7. The van der Waals surface area contributed by atoms with Gasteiger partial charge in [-0.1, -0.05) is 35.9 Å². The Morgan fingerprint density at radius 2 is 1.89 bits per heavy atom. The summed E-state index contributed by atoms with van der Waals surface area (Å²) in [5.74, 6) is -0.304. The first-order chi connectivity index (χ1) is 8.59.